The number of benzene rings is 3. The largest absolute Gasteiger partial charge is 0.436 e. The Morgan fingerprint density at radius 3 is 1.97 bits per heavy atom. The number of rotatable bonds is 5. The summed E-state index contributed by atoms with van der Waals surface area (Å²) in [5, 5.41) is 0.961. The van der Waals surface area contributed by atoms with Gasteiger partial charge in [-0.2, -0.15) is 0 Å². The Balaban J connectivity index is 1.85. The highest BCUT2D eigenvalue weighted by atomic mass is 28.3. The molecule has 33 heavy (non-hydrogen) atoms. The van der Waals surface area contributed by atoms with E-state index in [4.69, 9.17) is 0 Å². The van der Waals surface area contributed by atoms with Crippen LogP contribution >= 0.6 is 0 Å². The minimum Gasteiger partial charge on any atom is -0.353 e. The molecule has 4 rings (SSSR count). The van der Waals surface area contributed by atoms with Crippen LogP contribution in [-0.4, -0.2) is 14.4 Å². The number of allylic oxidation sites excluding steroid dienone is 1. The fourth-order valence-electron chi connectivity index (χ4n) is 4.97. The van der Waals surface area contributed by atoms with Crippen molar-refractivity contribution in [3.63, 3.8) is 0 Å². The summed E-state index contributed by atoms with van der Waals surface area (Å²) in [6.45, 7) is 13.3. The lowest BCUT2D eigenvalue weighted by Gasteiger charge is -2.36. The van der Waals surface area contributed by atoms with Gasteiger partial charge in [0.1, 0.15) is 0 Å². The molecule has 1 atom stereocenters. The van der Waals surface area contributed by atoms with Gasteiger partial charge in [0, 0.05) is 22.3 Å². The smallest absolute Gasteiger partial charge is 0.353 e. The molecule has 3 aromatic rings. The van der Waals surface area contributed by atoms with Crippen molar-refractivity contribution in [3.05, 3.63) is 101 Å². The van der Waals surface area contributed by atoms with Crippen molar-refractivity contribution < 1.29 is 4.46 Å². The number of fused-ring (bicyclic) bond motifs is 1. The van der Waals surface area contributed by atoms with E-state index in [9.17, 15) is 4.46 Å². The van der Waals surface area contributed by atoms with E-state index >= 15 is 0 Å². The van der Waals surface area contributed by atoms with Crippen LogP contribution in [0.25, 0.3) is 6.08 Å². The molecule has 1 aliphatic carbocycles. The first-order valence-corrected chi connectivity index (χ1v) is 13.2. The Kier molecular flexibility index (Phi) is 6.28. The zero-order chi connectivity index (χ0) is 23.8. The van der Waals surface area contributed by atoms with Crippen molar-refractivity contribution in [1.82, 2.24) is 0 Å². The molecule has 170 valence electrons. The summed E-state index contributed by atoms with van der Waals surface area (Å²) in [5.41, 5.74) is 6.09. The molecule has 3 aromatic carbocycles. The molecule has 2 nitrogen and oxygen atoms in total. The van der Waals surface area contributed by atoms with E-state index in [0.29, 0.717) is 0 Å². The molecular weight excluding hydrogens is 418 g/mol. The lowest BCUT2D eigenvalue weighted by Crippen LogP contribution is -2.53. The SMILES string of the molecule is CC(C)(C)CC1=Cc2ccccc2C1c1ccccc1[Si](=O)N(c1ccccc1)C(C)(C)C. The van der Waals surface area contributed by atoms with E-state index in [1.807, 2.05) is 24.3 Å². The average molecular weight is 454 g/mol. The fourth-order valence-corrected chi connectivity index (χ4v) is 6.92. The van der Waals surface area contributed by atoms with Crippen molar-refractivity contribution in [3.8, 4) is 0 Å². The Morgan fingerprint density at radius 2 is 1.33 bits per heavy atom. The molecule has 0 radical (unpaired) electrons. The Morgan fingerprint density at radius 1 is 0.758 bits per heavy atom. The van der Waals surface area contributed by atoms with Gasteiger partial charge in [-0.1, -0.05) is 99.2 Å². The number of hydrogen-bond donors (Lipinski definition) is 0. The molecule has 0 bridgehead atoms. The van der Waals surface area contributed by atoms with Crippen molar-refractivity contribution in [2.24, 2.45) is 5.41 Å². The maximum Gasteiger partial charge on any atom is 0.436 e. The predicted octanol–water partition coefficient (Wildman–Crippen LogP) is 7.08. The van der Waals surface area contributed by atoms with Gasteiger partial charge < -0.3 is 9.03 Å². The van der Waals surface area contributed by atoms with Crippen LogP contribution in [-0.2, 0) is 4.46 Å². The second-order valence-corrected chi connectivity index (χ2v) is 12.8. The van der Waals surface area contributed by atoms with Crippen molar-refractivity contribution in [1.29, 1.82) is 0 Å². The fraction of sp³-hybridized carbons (Fsp3) is 0.333. The number of hydrogen-bond acceptors (Lipinski definition) is 1. The van der Waals surface area contributed by atoms with Crippen LogP contribution in [0.2, 0.25) is 0 Å². The van der Waals surface area contributed by atoms with Crippen LogP contribution in [0.3, 0.4) is 0 Å². The molecule has 0 saturated carbocycles. The number of nitrogens with zero attached hydrogens (tertiary/aromatic N) is 1. The molecular formula is C30H35NOSi. The molecule has 0 N–H and O–H groups in total. The zero-order valence-corrected chi connectivity index (χ0v) is 21.7. The third-order valence-electron chi connectivity index (χ3n) is 6.14. The molecule has 3 heteroatoms. The van der Waals surface area contributed by atoms with Gasteiger partial charge in [0.25, 0.3) is 0 Å². The van der Waals surface area contributed by atoms with Crippen LogP contribution in [0, 0.1) is 5.41 Å². The normalized spacial score (nSPS) is 15.7. The van der Waals surface area contributed by atoms with Gasteiger partial charge in [0.05, 0.1) is 0 Å². The van der Waals surface area contributed by atoms with Crippen molar-refractivity contribution in [2.75, 3.05) is 4.57 Å². The minimum absolute atomic E-state index is 0.142. The first kappa shape index (κ1) is 23.4. The van der Waals surface area contributed by atoms with Gasteiger partial charge >= 0.3 is 8.84 Å². The molecule has 0 spiro atoms. The number of para-hydroxylation sites is 1. The maximum atomic E-state index is 14.4. The topological polar surface area (TPSA) is 20.3 Å². The van der Waals surface area contributed by atoms with Crippen molar-refractivity contribution >= 4 is 25.8 Å². The quantitative estimate of drug-likeness (QED) is 0.385. The van der Waals surface area contributed by atoms with E-state index in [2.05, 4.69) is 107 Å². The highest BCUT2D eigenvalue weighted by Crippen LogP contribution is 2.45. The van der Waals surface area contributed by atoms with Crippen LogP contribution < -0.4 is 9.75 Å². The van der Waals surface area contributed by atoms with E-state index < -0.39 is 8.84 Å². The van der Waals surface area contributed by atoms with Gasteiger partial charge in [0.15, 0.2) is 0 Å². The molecule has 0 amide bonds. The molecule has 0 fully saturated rings. The second-order valence-electron chi connectivity index (χ2n) is 11.3. The lowest BCUT2D eigenvalue weighted by atomic mass is 9.80. The molecule has 0 heterocycles. The summed E-state index contributed by atoms with van der Waals surface area (Å²) < 4.78 is 16.5. The third-order valence-corrected chi connectivity index (χ3v) is 8.40. The number of anilines is 1. The monoisotopic (exact) mass is 453 g/mol. The maximum absolute atomic E-state index is 14.4. The van der Waals surface area contributed by atoms with Gasteiger partial charge in [-0.05, 0) is 61.4 Å². The van der Waals surface area contributed by atoms with Gasteiger partial charge in [-0.25, -0.2) is 0 Å². The van der Waals surface area contributed by atoms with Crippen LogP contribution in [0.1, 0.15) is 70.6 Å². The van der Waals surface area contributed by atoms with Gasteiger partial charge in [-0.15, -0.1) is 0 Å². The first-order valence-electron chi connectivity index (χ1n) is 11.8. The Labute approximate surface area is 200 Å². The van der Waals surface area contributed by atoms with Crippen molar-refractivity contribution in [2.45, 2.75) is 59.4 Å². The highest BCUT2D eigenvalue weighted by molar-refractivity contribution is 6.64. The van der Waals surface area contributed by atoms with Crippen LogP contribution in [0.5, 0.6) is 0 Å². The lowest BCUT2D eigenvalue weighted by molar-refractivity contribution is 0.405. The highest BCUT2D eigenvalue weighted by Gasteiger charge is 2.36. The average Bonchev–Trinajstić information content (AvgIpc) is 3.09. The predicted molar refractivity (Wildman–Crippen MR) is 142 cm³/mol. The molecule has 0 aromatic heterocycles. The van der Waals surface area contributed by atoms with Crippen LogP contribution in [0.15, 0.2) is 84.4 Å². The zero-order valence-electron chi connectivity index (χ0n) is 20.7. The summed E-state index contributed by atoms with van der Waals surface area (Å²) >= 11 is 0. The Hall–Kier alpha value is -2.78. The molecule has 0 saturated heterocycles. The van der Waals surface area contributed by atoms with Crippen LogP contribution in [0.4, 0.5) is 5.69 Å². The molecule has 1 unspecified atom stereocenters. The van der Waals surface area contributed by atoms with Gasteiger partial charge in [0.2, 0.25) is 0 Å². The summed E-state index contributed by atoms with van der Waals surface area (Å²) in [5.74, 6) is 0.142. The standard InChI is InChI=1S/C30H35NOSi/c1-29(2,3)21-23-20-22-14-10-11-17-25(22)28(23)26-18-12-13-19-27(26)33(32)31(30(4,5)6)24-15-8-7-9-16-24/h7-20,28H,21H2,1-6H3. The minimum atomic E-state index is -2.29. The van der Waals surface area contributed by atoms with E-state index in [0.717, 1.165) is 17.3 Å². The summed E-state index contributed by atoms with van der Waals surface area (Å²) in [4.78, 5) is 0. The molecule has 0 aliphatic heterocycles. The van der Waals surface area contributed by atoms with E-state index in [-0.39, 0.29) is 16.9 Å². The van der Waals surface area contributed by atoms with Gasteiger partial charge in [-0.3, -0.25) is 0 Å². The first-order chi connectivity index (χ1) is 15.6. The summed E-state index contributed by atoms with van der Waals surface area (Å²) in [6.07, 6.45) is 3.36. The molecule has 1 aliphatic rings. The summed E-state index contributed by atoms with van der Waals surface area (Å²) in [6, 6.07) is 27.2. The van der Waals surface area contributed by atoms with E-state index in [1.54, 1.807) is 0 Å². The second kappa shape index (κ2) is 8.87. The van der Waals surface area contributed by atoms with E-state index in [1.165, 1.54) is 22.3 Å². The third kappa shape index (κ3) is 4.94. The Bertz CT molecular complexity index is 1180. The summed E-state index contributed by atoms with van der Waals surface area (Å²) in [7, 11) is -2.29.